The second-order valence-electron chi connectivity index (χ2n) is 3.96. The highest BCUT2D eigenvalue weighted by Gasteiger charge is 2.07. The number of anilines is 3. The molecule has 0 aliphatic rings. The molecule has 6 heteroatoms. The van der Waals surface area contributed by atoms with Gasteiger partial charge in [-0.05, 0) is 30.3 Å². The van der Waals surface area contributed by atoms with E-state index in [4.69, 9.17) is 39.5 Å². The van der Waals surface area contributed by atoms with Crippen LogP contribution < -0.4 is 11.1 Å². The third-order valence-corrected chi connectivity index (χ3v) is 3.35. The lowest BCUT2D eigenvalue weighted by Gasteiger charge is -2.11. The maximum atomic E-state index is 8.98. The summed E-state index contributed by atoms with van der Waals surface area (Å²) < 4.78 is 0. The molecule has 0 spiro atoms. The van der Waals surface area contributed by atoms with Gasteiger partial charge in [-0.15, -0.1) is 0 Å². The first-order valence-electron chi connectivity index (χ1n) is 5.51. The summed E-state index contributed by atoms with van der Waals surface area (Å²) in [5.74, 6) is 0. The van der Waals surface area contributed by atoms with Crippen LogP contribution in [0.25, 0.3) is 0 Å². The van der Waals surface area contributed by atoms with Gasteiger partial charge < -0.3 is 11.1 Å². The lowest BCUT2D eigenvalue weighted by Crippen LogP contribution is -1.97. The van der Waals surface area contributed by atoms with Crippen LogP contribution in [0.4, 0.5) is 17.1 Å². The number of hydrogen-bond donors (Lipinski definition) is 2. The molecule has 0 atom stereocenters. The van der Waals surface area contributed by atoms with Crippen LogP contribution in [0.1, 0.15) is 11.1 Å². The van der Waals surface area contributed by atoms with E-state index in [0.717, 1.165) is 0 Å². The molecule has 0 unspecified atom stereocenters. The van der Waals surface area contributed by atoms with Crippen molar-refractivity contribution in [3.05, 3.63) is 51.5 Å². The number of nitrogens with zero attached hydrogens (tertiary/aromatic N) is 2. The Labute approximate surface area is 125 Å². The molecule has 0 fully saturated rings. The fourth-order valence-corrected chi connectivity index (χ4v) is 1.97. The third kappa shape index (κ3) is 2.78. The zero-order valence-corrected chi connectivity index (χ0v) is 11.6. The maximum absolute atomic E-state index is 8.98. The number of halogens is 2. The Hall–Kier alpha value is -2.40. The van der Waals surface area contributed by atoms with Crippen molar-refractivity contribution in [2.75, 3.05) is 11.1 Å². The molecule has 0 aromatic heterocycles. The molecule has 2 aromatic carbocycles. The van der Waals surface area contributed by atoms with Crippen molar-refractivity contribution in [1.82, 2.24) is 0 Å². The van der Waals surface area contributed by atoms with E-state index in [1.54, 1.807) is 30.3 Å². The first-order chi connectivity index (χ1) is 9.55. The van der Waals surface area contributed by atoms with Crippen molar-refractivity contribution >= 4 is 40.3 Å². The van der Waals surface area contributed by atoms with E-state index >= 15 is 0 Å². The molecule has 0 bridgehead atoms. The van der Waals surface area contributed by atoms with Crippen LogP contribution in [0.5, 0.6) is 0 Å². The largest absolute Gasteiger partial charge is 0.397 e. The van der Waals surface area contributed by atoms with Gasteiger partial charge in [0, 0.05) is 5.69 Å². The second-order valence-corrected chi connectivity index (χ2v) is 4.78. The normalized spacial score (nSPS) is 9.60. The molecule has 0 aliphatic heterocycles. The fraction of sp³-hybridized carbons (Fsp3) is 0. The van der Waals surface area contributed by atoms with Gasteiger partial charge in [-0.25, -0.2) is 0 Å². The topological polar surface area (TPSA) is 85.6 Å². The van der Waals surface area contributed by atoms with Gasteiger partial charge in [0.05, 0.1) is 32.5 Å². The van der Waals surface area contributed by atoms with E-state index < -0.39 is 0 Å². The SMILES string of the molecule is N#Cc1ccc(Nc2cc(Cl)c(Cl)cc2N)cc1C#N. The summed E-state index contributed by atoms with van der Waals surface area (Å²) >= 11 is 11.8. The maximum Gasteiger partial charge on any atom is 0.101 e. The standard InChI is InChI=1S/C14H8Cl2N4/c15-11-4-13(19)14(5-12(11)16)20-10-2-1-8(6-17)9(3-10)7-18/h1-5,20H,19H2. The summed E-state index contributed by atoms with van der Waals surface area (Å²) in [7, 11) is 0. The predicted molar refractivity (Wildman–Crippen MR) is 80.0 cm³/mol. The predicted octanol–water partition coefficient (Wildman–Crippen LogP) is 4.06. The Morgan fingerprint density at radius 3 is 2.25 bits per heavy atom. The van der Waals surface area contributed by atoms with Gasteiger partial charge in [0.25, 0.3) is 0 Å². The molecular weight excluding hydrogens is 295 g/mol. The summed E-state index contributed by atoms with van der Waals surface area (Å²) in [6, 6.07) is 11.9. The summed E-state index contributed by atoms with van der Waals surface area (Å²) in [5, 5.41) is 21.6. The molecule has 0 radical (unpaired) electrons. The Morgan fingerprint density at radius 2 is 1.60 bits per heavy atom. The van der Waals surface area contributed by atoms with Crippen LogP contribution in [0, 0.1) is 22.7 Å². The highest BCUT2D eigenvalue weighted by atomic mass is 35.5. The van der Waals surface area contributed by atoms with Gasteiger partial charge in [-0.2, -0.15) is 10.5 Å². The number of nitriles is 2. The third-order valence-electron chi connectivity index (χ3n) is 2.63. The van der Waals surface area contributed by atoms with Crippen LogP contribution >= 0.6 is 23.2 Å². The van der Waals surface area contributed by atoms with Crippen LogP contribution in [0.2, 0.25) is 10.0 Å². The first kappa shape index (κ1) is 14.0. The number of nitrogens with two attached hydrogens (primary N) is 1. The van der Waals surface area contributed by atoms with Gasteiger partial charge >= 0.3 is 0 Å². The molecule has 0 heterocycles. The van der Waals surface area contributed by atoms with E-state index in [2.05, 4.69) is 5.32 Å². The smallest absolute Gasteiger partial charge is 0.101 e. The van der Waals surface area contributed by atoms with E-state index in [-0.39, 0.29) is 5.56 Å². The van der Waals surface area contributed by atoms with Gasteiger partial charge in [0.15, 0.2) is 0 Å². The van der Waals surface area contributed by atoms with Gasteiger partial charge in [-0.1, -0.05) is 23.2 Å². The van der Waals surface area contributed by atoms with Crippen molar-refractivity contribution in [2.24, 2.45) is 0 Å². The second kappa shape index (κ2) is 5.71. The zero-order valence-electron chi connectivity index (χ0n) is 10.1. The summed E-state index contributed by atoms with van der Waals surface area (Å²) in [6.07, 6.45) is 0. The van der Waals surface area contributed by atoms with Crippen LogP contribution in [0.3, 0.4) is 0 Å². The summed E-state index contributed by atoms with van der Waals surface area (Å²) in [4.78, 5) is 0. The minimum atomic E-state index is 0.288. The molecule has 0 amide bonds. The van der Waals surface area contributed by atoms with Crippen molar-refractivity contribution in [1.29, 1.82) is 10.5 Å². The van der Waals surface area contributed by atoms with Gasteiger partial charge in [0.1, 0.15) is 12.1 Å². The number of hydrogen-bond acceptors (Lipinski definition) is 4. The lowest BCUT2D eigenvalue weighted by atomic mass is 10.1. The number of nitrogens with one attached hydrogen (secondary N) is 1. The number of benzene rings is 2. The Balaban J connectivity index is 2.39. The Morgan fingerprint density at radius 1 is 0.950 bits per heavy atom. The number of nitrogen functional groups attached to an aromatic ring is 1. The zero-order chi connectivity index (χ0) is 14.7. The minimum Gasteiger partial charge on any atom is -0.397 e. The van der Waals surface area contributed by atoms with Crippen LogP contribution in [-0.2, 0) is 0 Å². The molecule has 98 valence electrons. The minimum absolute atomic E-state index is 0.288. The van der Waals surface area contributed by atoms with Crippen molar-refractivity contribution in [3.63, 3.8) is 0 Å². The summed E-state index contributed by atoms with van der Waals surface area (Å²) in [6.45, 7) is 0. The monoisotopic (exact) mass is 302 g/mol. The Bertz CT molecular complexity index is 757. The number of rotatable bonds is 2. The lowest BCUT2D eigenvalue weighted by molar-refractivity contribution is 1.42. The van der Waals surface area contributed by atoms with Crippen molar-refractivity contribution in [3.8, 4) is 12.1 Å². The Kier molecular flexibility index (Phi) is 4.00. The quantitative estimate of drug-likeness (QED) is 0.819. The van der Waals surface area contributed by atoms with E-state index in [1.165, 1.54) is 0 Å². The highest BCUT2D eigenvalue weighted by Crippen LogP contribution is 2.32. The molecule has 0 saturated heterocycles. The van der Waals surface area contributed by atoms with Crippen LogP contribution in [0.15, 0.2) is 30.3 Å². The molecule has 0 aliphatic carbocycles. The molecule has 3 N–H and O–H groups in total. The molecule has 2 rings (SSSR count). The van der Waals surface area contributed by atoms with Crippen molar-refractivity contribution < 1.29 is 0 Å². The first-order valence-corrected chi connectivity index (χ1v) is 6.26. The van der Waals surface area contributed by atoms with Gasteiger partial charge in [-0.3, -0.25) is 0 Å². The van der Waals surface area contributed by atoms with E-state index in [1.807, 2.05) is 12.1 Å². The summed E-state index contributed by atoms with van der Waals surface area (Å²) in [5.41, 5.74) is 8.09. The highest BCUT2D eigenvalue weighted by molar-refractivity contribution is 6.42. The average Bonchev–Trinajstić information content (AvgIpc) is 2.44. The molecule has 2 aromatic rings. The fourth-order valence-electron chi connectivity index (χ4n) is 1.64. The molecular formula is C14H8Cl2N4. The van der Waals surface area contributed by atoms with E-state index in [9.17, 15) is 0 Å². The molecule has 4 nitrogen and oxygen atoms in total. The van der Waals surface area contributed by atoms with Crippen molar-refractivity contribution in [2.45, 2.75) is 0 Å². The van der Waals surface area contributed by atoms with Gasteiger partial charge in [0.2, 0.25) is 0 Å². The van der Waals surface area contributed by atoms with Crippen LogP contribution in [-0.4, -0.2) is 0 Å². The molecule has 0 saturated carbocycles. The van der Waals surface area contributed by atoms with E-state index in [0.29, 0.717) is 32.7 Å². The molecule has 20 heavy (non-hydrogen) atoms. The average molecular weight is 303 g/mol.